The minimum absolute atomic E-state index is 0.0232. The largest absolute Gasteiger partial charge is 0.493 e. The third-order valence-corrected chi connectivity index (χ3v) is 6.82. The topological polar surface area (TPSA) is 100 Å². The summed E-state index contributed by atoms with van der Waals surface area (Å²) in [5.74, 6) is 1.77. The van der Waals surface area contributed by atoms with Crippen LogP contribution in [0.3, 0.4) is 0 Å². The van der Waals surface area contributed by atoms with E-state index < -0.39 is 11.7 Å². The van der Waals surface area contributed by atoms with E-state index in [9.17, 15) is 4.79 Å². The number of nitrogens with two attached hydrogens (primary N) is 2. The second kappa shape index (κ2) is 9.35. The molecule has 1 saturated heterocycles. The van der Waals surface area contributed by atoms with Crippen LogP contribution < -0.4 is 20.9 Å². The lowest BCUT2D eigenvalue weighted by Gasteiger charge is -2.53. The Bertz CT molecular complexity index is 797. The van der Waals surface area contributed by atoms with Crippen molar-refractivity contribution in [2.45, 2.75) is 64.8 Å². The van der Waals surface area contributed by atoms with Gasteiger partial charge in [0, 0.05) is 25.4 Å². The van der Waals surface area contributed by atoms with E-state index in [2.05, 4.69) is 18.7 Å². The standard InChI is InChI=1S/C24H39N3O4/c1-14(2)9-17-13-27-8-7-16-10-19(29-5)20(30-6)11-18(16)24(27,26)12-21(17)31-23(28)22(25)15(3)4/h10-11,14-15,17,21-22H,7-9,12-13,25-26H2,1-6H3. The molecule has 2 heterocycles. The fourth-order valence-corrected chi connectivity index (χ4v) is 4.99. The zero-order valence-corrected chi connectivity index (χ0v) is 19.8. The summed E-state index contributed by atoms with van der Waals surface area (Å²) in [5, 5.41) is 0. The molecular formula is C24H39N3O4. The van der Waals surface area contributed by atoms with Gasteiger partial charge in [0.1, 0.15) is 12.1 Å². The van der Waals surface area contributed by atoms with Crippen molar-refractivity contribution < 1.29 is 19.0 Å². The molecule has 4 atom stereocenters. The van der Waals surface area contributed by atoms with E-state index in [1.54, 1.807) is 14.2 Å². The number of esters is 1. The molecule has 31 heavy (non-hydrogen) atoms. The summed E-state index contributed by atoms with van der Waals surface area (Å²) in [4.78, 5) is 15.1. The summed E-state index contributed by atoms with van der Waals surface area (Å²) in [5.41, 5.74) is 14.6. The first-order chi connectivity index (χ1) is 14.6. The molecule has 2 aliphatic rings. The van der Waals surface area contributed by atoms with Gasteiger partial charge in [-0.1, -0.05) is 27.7 Å². The third kappa shape index (κ3) is 4.69. The van der Waals surface area contributed by atoms with E-state index in [4.69, 9.17) is 25.7 Å². The Kier molecular flexibility index (Phi) is 7.18. The zero-order chi connectivity index (χ0) is 22.9. The van der Waals surface area contributed by atoms with Crippen molar-refractivity contribution in [3.63, 3.8) is 0 Å². The van der Waals surface area contributed by atoms with Crippen LogP contribution in [0.15, 0.2) is 12.1 Å². The van der Waals surface area contributed by atoms with Crippen LogP contribution in [0.2, 0.25) is 0 Å². The molecule has 4 unspecified atom stereocenters. The van der Waals surface area contributed by atoms with E-state index in [1.165, 1.54) is 0 Å². The van der Waals surface area contributed by atoms with E-state index in [-0.39, 0.29) is 23.9 Å². The number of ether oxygens (including phenoxy) is 3. The molecule has 7 heteroatoms. The Morgan fingerprint density at radius 1 is 1.19 bits per heavy atom. The van der Waals surface area contributed by atoms with E-state index in [0.717, 1.165) is 37.1 Å². The number of fused-ring (bicyclic) bond motifs is 3. The maximum absolute atomic E-state index is 12.7. The van der Waals surface area contributed by atoms with Crippen molar-refractivity contribution in [3.8, 4) is 11.5 Å². The second-order valence-corrected chi connectivity index (χ2v) is 9.82. The summed E-state index contributed by atoms with van der Waals surface area (Å²) < 4.78 is 17.1. The van der Waals surface area contributed by atoms with Gasteiger partial charge < -0.3 is 25.7 Å². The maximum Gasteiger partial charge on any atom is 0.323 e. The first-order valence-corrected chi connectivity index (χ1v) is 11.4. The molecule has 0 aliphatic carbocycles. The third-order valence-electron chi connectivity index (χ3n) is 6.82. The smallest absolute Gasteiger partial charge is 0.323 e. The minimum Gasteiger partial charge on any atom is -0.493 e. The number of hydrogen-bond donors (Lipinski definition) is 2. The number of piperidine rings is 1. The summed E-state index contributed by atoms with van der Waals surface area (Å²) in [6, 6.07) is 3.38. The molecule has 0 amide bonds. The molecule has 1 fully saturated rings. The van der Waals surface area contributed by atoms with Crippen LogP contribution in [-0.4, -0.2) is 50.3 Å². The molecule has 0 saturated carbocycles. The van der Waals surface area contributed by atoms with Gasteiger partial charge in [0.15, 0.2) is 11.5 Å². The minimum atomic E-state index is -0.729. The first-order valence-electron chi connectivity index (χ1n) is 11.4. The van der Waals surface area contributed by atoms with Crippen LogP contribution in [0.25, 0.3) is 0 Å². The van der Waals surface area contributed by atoms with Crippen LogP contribution in [-0.2, 0) is 21.6 Å². The van der Waals surface area contributed by atoms with E-state index in [0.29, 0.717) is 23.8 Å². The molecule has 0 radical (unpaired) electrons. The summed E-state index contributed by atoms with van der Waals surface area (Å²) in [7, 11) is 3.27. The molecule has 7 nitrogen and oxygen atoms in total. The van der Waals surface area contributed by atoms with Crippen molar-refractivity contribution in [2.75, 3.05) is 27.3 Å². The summed E-state index contributed by atoms with van der Waals surface area (Å²) >= 11 is 0. The molecule has 2 aliphatic heterocycles. The molecule has 0 spiro atoms. The fraction of sp³-hybridized carbons (Fsp3) is 0.708. The van der Waals surface area contributed by atoms with Gasteiger partial charge in [-0.25, -0.2) is 0 Å². The van der Waals surface area contributed by atoms with Crippen LogP contribution in [0, 0.1) is 17.8 Å². The average Bonchev–Trinajstić information content (AvgIpc) is 2.72. The van der Waals surface area contributed by atoms with Gasteiger partial charge in [0.25, 0.3) is 0 Å². The molecule has 4 N–H and O–H groups in total. The van der Waals surface area contributed by atoms with Gasteiger partial charge in [-0.05, 0) is 47.9 Å². The van der Waals surface area contributed by atoms with Crippen molar-refractivity contribution in [1.82, 2.24) is 4.90 Å². The highest BCUT2D eigenvalue weighted by molar-refractivity contribution is 5.76. The Morgan fingerprint density at radius 2 is 1.84 bits per heavy atom. The number of rotatable bonds is 7. The summed E-state index contributed by atoms with van der Waals surface area (Å²) in [6.45, 7) is 9.91. The van der Waals surface area contributed by atoms with Gasteiger partial charge in [0.2, 0.25) is 0 Å². The average molecular weight is 434 g/mol. The van der Waals surface area contributed by atoms with Gasteiger partial charge in [-0.2, -0.15) is 0 Å². The van der Waals surface area contributed by atoms with Crippen molar-refractivity contribution >= 4 is 5.97 Å². The normalized spacial score (nSPS) is 26.9. The Hall–Kier alpha value is -1.83. The number of nitrogens with zero attached hydrogens (tertiary/aromatic N) is 1. The van der Waals surface area contributed by atoms with E-state index >= 15 is 0 Å². The predicted octanol–water partition coefficient (Wildman–Crippen LogP) is 2.63. The zero-order valence-electron chi connectivity index (χ0n) is 19.8. The Morgan fingerprint density at radius 3 is 2.42 bits per heavy atom. The fourth-order valence-electron chi connectivity index (χ4n) is 4.99. The van der Waals surface area contributed by atoms with Crippen LogP contribution in [0.4, 0.5) is 0 Å². The van der Waals surface area contributed by atoms with Gasteiger partial charge >= 0.3 is 5.97 Å². The molecular weight excluding hydrogens is 394 g/mol. The van der Waals surface area contributed by atoms with Crippen LogP contribution in [0.1, 0.15) is 51.7 Å². The number of carbonyl (C=O) groups excluding carboxylic acids is 1. The number of methoxy groups -OCH3 is 2. The van der Waals surface area contributed by atoms with Gasteiger partial charge in [-0.15, -0.1) is 0 Å². The Balaban J connectivity index is 1.96. The quantitative estimate of drug-likeness (QED) is 0.638. The summed E-state index contributed by atoms with van der Waals surface area (Å²) in [6.07, 6.45) is 2.12. The lowest BCUT2D eigenvalue weighted by Crippen LogP contribution is -2.64. The van der Waals surface area contributed by atoms with Crippen molar-refractivity contribution in [1.29, 1.82) is 0 Å². The van der Waals surface area contributed by atoms with Crippen LogP contribution >= 0.6 is 0 Å². The highest BCUT2D eigenvalue weighted by Crippen LogP contribution is 2.45. The second-order valence-electron chi connectivity index (χ2n) is 9.82. The van der Waals surface area contributed by atoms with Crippen molar-refractivity contribution in [3.05, 3.63) is 23.3 Å². The molecule has 1 aromatic carbocycles. The Labute approximate surface area is 186 Å². The SMILES string of the molecule is COc1cc2c(cc1OC)C1(N)CC(OC(=O)C(N)C(C)C)C(CC(C)C)CN1CC2. The van der Waals surface area contributed by atoms with E-state index in [1.807, 2.05) is 26.0 Å². The molecule has 3 rings (SSSR count). The number of carbonyl (C=O) groups is 1. The lowest BCUT2D eigenvalue weighted by molar-refractivity contribution is -0.165. The first kappa shape index (κ1) is 23.8. The number of benzene rings is 1. The molecule has 0 aromatic heterocycles. The molecule has 174 valence electrons. The predicted molar refractivity (Wildman–Crippen MR) is 121 cm³/mol. The number of hydrogen-bond acceptors (Lipinski definition) is 7. The van der Waals surface area contributed by atoms with Crippen molar-refractivity contribution in [2.24, 2.45) is 29.2 Å². The maximum atomic E-state index is 12.7. The molecule has 1 aromatic rings. The van der Waals surface area contributed by atoms with Gasteiger partial charge in [0.05, 0.1) is 19.9 Å². The highest BCUT2D eigenvalue weighted by Gasteiger charge is 2.49. The lowest BCUT2D eigenvalue weighted by atomic mass is 9.75. The van der Waals surface area contributed by atoms with Crippen LogP contribution in [0.5, 0.6) is 11.5 Å². The monoisotopic (exact) mass is 433 g/mol. The highest BCUT2D eigenvalue weighted by atomic mass is 16.5. The molecule has 0 bridgehead atoms. The van der Waals surface area contributed by atoms with Gasteiger partial charge in [-0.3, -0.25) is 9.69 Å².